The molecule has 45 heavy (non-hydrogen) atoms. The molecular formula is C35H39FN4O5. The summed E-state index contributed by atoms with van der Waals surface area (Å²) in [6.07, 6.45) is 9.29. The molecule has 0 aliphatic carbocycles. The van der Waals surface area contributed by atoms with E-state index in [-0.39, 0.29) is 35.6 Å². The van der Waals surface area contributed by atoms with E-state index in [2.05, 4.69) is 15.5 Å². The number of rotatable bonds is 8. The van der Waals surface area contributed by atoms with Crippen molar-refractivity contribution in [1.29, 1.82) is 0 Å². The quantitative estimate of drug-likeness (QED) is 0.389. The number of nitrogens with zero attached hydrogens (tertiary/aromatic N) is 2. The molecule has 4 aliphatic rings. The van der Waals surface area contributed by atoms with E-state index in [9.17, 15) is 19.1 Å². The van der Waals surface area contributed by atoms with Crippen molar-refractivity contribution in [1.82, 2.24) is 15.5 Å². The number of amides is 1. The Kier molecular flexibility index (Phi) is 8.98. The van der Waals surface area contributed by atoms with E-state index in [1.165, 1.54) is 6.07 Å². The van der Waals surface area contributed by atoms with E-state index < -0.39 is 17.5 Å². The van der Waals surface area contributed by atoms with Crippen molar-refractivity contribution in [3.05, 3.63) is 106 Å². The number of carbonyl (C=O) groups is 2. The van der Waals surface area contributed by atoms with Crippen molar-refractivity contribution in [3.63, 3.8) is 0 Å². The molecule has 0 bridgehead atoms. The third kappa shape index (κ3) is 6.78. The fraction of sp³-hybridized carbons (Fsp3) is 0.400. The van der Waals surface area contributed by atoms with Crippen LogP contribution in [0.25, 0.3) is 0 Å². The van der Waals surface area contributed by atoms with Crippen LogP contribution in [0.15, 0.2) is 88.8 Å². The number of nitrogens with one attached hydrogen (secondary N) is 2. The Morgan fingerprint density at radius 2 is 1.98 bits per heavy atom. The van der Waals surface area contributed by atoms with Gasteiger partial charge in [0.2, 0.25) is 0 Å². The molecule has 3 atom stereocenters. The Bertz CT molecular complexity index is 1570. The van der Waals surface area contributed by atoms with E-state index in [4.69, 9.17) is 14.5 Å². The van der Waals surface area contributed by atoms with Crippen molar-refractivity contribution >= 4 is 18.1 Å². The molecule has 1 amide bonds. The lowest BCUT2D eigenvalue weighted by atomic mass is 9.79. The first kappa shape index (κ1) is 30.9. The van der Waals surface area contributed by atoms with Gasteiger partial charge in [-0.15, -0.1) is 0 Å². The first-order valence-electron chi connectivity index (χ1n) is 15.5. The maximum atomic E-state index is 14.4. The van der Waals surface area contributed by atoms with Crippen LogP contribution in [0.3, 0.4) is 0 Å². The molecule has 0 spiro atoms. The Morgan fingerprint density at radius 3 is 2.71 bits per heavy atom. The molecule has 0 saturated carbocycles. The molecule has 4 heterocycles. The molecule has 2 aromatic rings. The Labute approximate surface area is 262 Å². The lowest BCUT2D eigenvalue weighted by molar-refractivity contribution is -0.132. The second-order valence-corrected chi connectivity index (χ2v) is 12.5. The number of ether oxygens (including phenoxy) is 2. The van der Waals surface area contributed by atoms with E-state index in [1.807, 2.05) is 44.2 Å². The second kappa shape index (κ2) is 13.1. The van der Waals surface area contributed by atoms with Gasteiger partial charge in [-0.1, -0.05) is 56.3 Å². The summed E-state index contributed by atoms with van der Waals surface area (Å²) in [5.74, 6) is -0.780. The van der Waals surface area contributed by atoms with E-state index in [1.54, 1.807) is 36.5 Å². The molecule has 6 rings (SSSR count). The average Bonchev–Trinajstić information content (AvgIpc) is 3.15. The number of halogens is 1. The van der Waals surface area contributed by atoms with Crippen LogP contribution in [-0.4, -0.2) is 66.1 Å². The molecule has 0 aromatic heterocycles. The van der Waals surface area contributed by atoms with Crippen LogP contribution < -0.4 is 10.6 Å². The van der Waals surface area contributed by atoms with Crippen molar-refractivity contribution in [3.8, 4) is 0 Å². The number of likely N-dealkylation sites (tertiary alicyclic amines) is 1. The summed E-state index contributed by atoms with van der Waals surface area (Å²) in [5, 5.41) is 15.6. The highest BCUT2D eigenvalue weighted by Crippen LogP contribution is 2.43. The van der Waals surface area contributed by atoms with E-state index in [0.29, 0.717) is 36.6 Å². The number of aromatic carboxylic acids is 1. The van der Waals surface area contributed by atoms with Gasteiger partial charge in [0.1, 0.15) is 17.7 Å². The maximum Gasteiger partial charge on any atom is 0.335 e. The zero-order valence-electron chi connectivity index (χ0n) is 25.5. The summed E-state index contributed by atoms with van der Waals surface area (Å²) in [7, 11) is 0. The fourth-order valence-corrected chi connectivity index (χ4v) is 6.46. The molecule has 4 aliphatic heterocycles. The van der Waals surface area contributed by atoms with E-state index in [0.717, 1.165) is 37.1 Å². The number of hydrogen-bond acceptors (Lipinski definition) is 7. The normalized spacial score (nSPS) is 24.9. The highest BCUT2D eigenvalue weighted by atomic mass is 19.1. The highest BCUT2D eigenvalue weighted by Gasteiger charge is 2.47. The molecule has 3 N–H and O–H groups in total. The van der Waals surface area contributed by atoms with Gasteiger partial charge in [-0.25, -0.2) is 9.18 Å². The van der Waals surface area contributed by atoms with Gasteiger partial charge in [0.15, 0.2) is 6.10 Å². The minimum absolute atomic E-state index is 0.00867. The first-order valence-corrected chi connectivity index (χ1v) is 15.5. The predicted molar refractivity (Wildman–Crippen MR) is 168 cm³/mol. The van der Waals surface area contributed by atoms with Crippen molar-refractivity contribution < 1.29 is 28.6 Å². The van der Waals surface area contributed by atoms with Gasteiger partial charge in [0, 0.05) is 43.2 Å². The third-order valence-electron chi connectivity index (χ3n) is 9.15. The zero-order valence-corrected chi connectivity index (χ0v) is 25.5. The van der Waals surface area contributed by atoms with Gasteiger partial charge in [0.05, 0.1) is 30.0 Å². The smallest absolute Gasteiger partial charge is 0.335 e. The number of piperidine rings is 1. The number of carboxylic acid groups (broad SMARTS) is 1. The monoisotopic (exact) mass is 614 g/mol. The Balaban J connectivity index is 0.974. The number of allylic oxidation sites excluding steroid dienone is 2. The molecule has 236 valence electrons. The van der Waals surface area contributed by atoms with Crippen LogP contribution in [0.2, 0.25) is 0 Å². The van der Waals surface area contributed by atoms with Crippen LogP contribution in [0.5, 0.6) is 0 Å². The van der Waals surface area contributed by atoms with Gasteiger partial charge in [-0.3, -0.25) is 14.7 Å². The van der Waals surface area contributed by atoms with Gasteiger partial charge in [0.25, 0.3) is 5.91 Å². The van der Waals surface area contributed by atoms with Crippen LogP contribution in [0.4, 0.5) is 4.39 Å². The van der Waals surface area contributed by atoms with Gasteiger partial charge >= 0.3 is 5.97 Å². The lowest BCUT2D eigenvalue weighted by Crippen LogP contribution is -2.45. The van der Waals surface area contributed by atoms with E-state index >= 15 is 0 Å². The summed E-state index contributed by atoms with van der Waals surface area (Å²) < 4.78 is 26.7. The zero-order chi connectivity index (χ0) is 31.6. The Hall–Kier alpha value is -4.12. The molecule has 2 aromatic carbocycles. The molecule has 0 radical (unpaired) electrons. The SMILES string of the molecule is CC1(C)C2=C(C=CC(c3ccccc3F)NC2)OC1C(=O)NC1=CCC(N2CCC(OCc3cccc(C(=O)O)c3)CC2)N=C1. The third-order valence-corrected chi connectivity index (χ3v) is 9.15. The summed E-state index contributed by atoms with van der Waals surface area (Å²) >= 11 is 0. The minimum atomic E-state index is -0.941. The fourth-order valence-electron chi connectivity index (χ4n) is 6.46. The van der Waals surface area contributed by atoms with Crippen LogP contribution >= 0.6 is 0 Å². The lowest BCUT2D eigenvalue weighted by Gasteiger charge is -2.36. The number of dihydropyridines is 1. The second-order valence-electron chi connectivity index (χ2n) is 12.5. The topological polar surface area (TPSA) is 112 Å². The standard InChI is InChI=1S/C35H39FN4O5/c1-35(2)27-20-37-29(26-8-3-4-9-28(26)36)11-12-30(27)45-32(35)33(41)39-24-10-13-31(38-19-24)40-16-14-25(15-17-40)44-21-22-6-5-7-23(18-22)34(42)43/h3-12,18-19,25,29,31-32,37H,13-17,20-21H2,1-2H3,(H,39,41)(H,42,43). The number of carbonyl (C=O) groups excluding carboxylic acids is 1. The molecule has 1 saturated heterocycles. The van der Waals surface area contributed by atoms with Crippen LogP contribution in [0.1, 0.15) is 60.6 Å². The summed E-state index contributed by atoms with van der Waals surface area (Å²) in [4.78, 5) is 31.7. The first-order chi connectivity index (χ1) is 21.7. The summed E-state index contributed by atoms with van der Waals surface area (Å²) in [6.45, 7) is 6.55. The molecule has 3 unspecified atom stereocenters. The summed E-state index contributed by atoms with van der Waals surface area (Å²) in [6, 6.07) is 13.3. The summed E-state index contributed by atoms with van der Waals surface area (Å²) in [5.41, 5.74) is 2.76. The minimum Gasteiger partial charge on any atom is -0.480 e. The molecule has 1 fully saturated rings. The van der Waals surface area contributed by atoms with Crippen LogP contribution in [0, 0.1) is 11.2 Å². The number of aliphatic imine (C=N–C) groups is 1. The van der Waals surface area contributed by atoms with Crippen LogP contribution in [-0.2, 0) is 20.9 Å². The highest BCUT2D eigenvalue weighted by molar-refractivity contribution is 5.91. The van der Waals surface area contributed by atoms with Gasteiger partial charge in [-0.2, -0.15) is 0 Å². The average molecular weight is 615 g/mol. The van der Waals surface area contributed by atoms with Gasteiger partial charge in [-0.05, 0) is 48.3 Å². The largest absolute Gasteiger partial charge is 0.480 e. The molecular weight excluding hydrogens is 575 g/mol. The Morgan fingerprint density at radius 1 is 1.18 bits per heavy atom. The number of benzene rings is 2. The molecule has 10 heteroatoms. The molecule has 9 nitrogen and oxygen atoms in total. The van der Waals surface area contributed by atoms with Gasteiger partial charge < -0.3 is 25.2 Å². The predicted octanol–water partition coefficient (Wildman–Crippen LogP) is 4.89. The maximum absolute atomic E-state index is 14.4. The number of hydrogen-bond donors (Lipinski definition) is 3. The van der Waals surface area contributed by atoms with Crippen molar-refractivity contribution in [2.45, 2.75) is 64.1 Å². The van der Waals surface area contributed by atoms with Crippen molar-refractivity contribution in [2.24, 2.45) is 10.4 Å². The number of carboxylic acids is 1. The van der Waals surface area contributed by atoms with Crippen molar-refractivity contribution in [2.75, 3.05) is 19.6 Å².